The monoisotopic (exact) mass is 294 g/mol. The first-order chi connectivity index (χ1) is 9.29. The molecule has 0 radical (unpaired) electrons. The summed E-state index contributed by atoms with van der Waals surface area (Å²) in [5, 5.41) is 8.99. The zero-order valence-corrected chi connectivity index (χ0v) is 13.2. The standard InChI is InChI=1S/C15H22N2O2S/c1-11(2)14(12(3)4)10-17-20(18,19)15-8-6-5-7-13(15)9-16/h5-8,11-12,14,17H,10H2,1-4H3. The van der Waals surface area contributed by atoms with Gasteiger partial charge in [-0.1, -0.05) is 39.8 Å². The first-order valence-corrected chi connectivity index (χ1v) is 8.26. The molecule has 0 aromatic heterocycles. The summed E-state index contributed by atoms with van der Waals surface area (Å²) < 4.78 is 27.2. The molecule has 4 nitrogen and oxygen atoms in total. The predicted octanol–water partition coefficient (Wildman–Crippen LogP) is 2.76. The van der Waals surface area contributed by atoms with Gasteiger partial charge in [0, 0.05) is 6.54 Å². The second-order valence-electron chi connectivity index (χ2n) is 5.61. The van der Waals surface area contributed by atoms with E-state index >= 15 is 0 Å². The van der Waals surface area contributed by atoms with E-state index in [9.17, 15) is 8.42 Å². The molecule has 1 aromatic rings. The molecular formula is C15H22N2O2S. The Balaban J connectivity index is 2.94. The van der Waals surface area contributed by atoms with Crippen LogP contribution < -0.4 is 4.72 Å². The highest BCUT2D eigenvalue weighted by Crippen LogP contribution is 2.21. The van der Waals surface area contributed by atoms with Gasteiger partial charge in [0.2, 0.25) is 10.0 Å². The number of nitriles is 1. The fourth-order valence-corrected chi connectivity index (χ4v) is 3.55. The number of nitrogens with zero attached hydrogens (tertiary/aromatic N) is 1. The normalized spacial score (nSPS) is 12.1. The molecule has 1 aromatic carbocycles. The maximum atomic E-state index is 12.3. The second kappa shape index (κ2) is 6.87. The minimum absolute atomic E-state index is 0.0498. The van der Waals surface area contributed by atoms with Gasteiger partial charge >= 0.3 is 0 Å². The average Bonchev–Trinajstić information content (AvgIpc) is 2.37. The van der Waals surface area contributed by atoms with Gasteiger partial charge in [-0.3, -0.25) is 0 Å². The molecule has 0 unspecified atom stereocenters. The Morgan fingerprint density at radius 3 is 2.20 bits per heavy atom. The topological polar surface area (TPSA) is 70.0 Å². The molecule has 0 aliphatic heterocycles. The SMILES string of the molecule is CC(C)C(CNS(=O)(=O)c1ccccc1C#N)C(C)C. The molecule has 0 bridgehead atoms. The molecule has 0 atom stereocenters. The van der Waals surface area contributed by atoms with Crippen molar-refractivity contribution in [3.8, 4) is 6.07 Å². The number of rotatable bonds is 6. The Hall–Kier alpha value is -1.38. The Morgan fingerprint density at radius 2 is 1.70 bits per heavy atom. The molecule has 0 aliphatic rings. The average molecular weight is 294 g/mol. The van der Waals surface area contributed by atoms with Gasteiger partial charge in [-0.15, -0.1) is 0 Å². The molecule has 0 heterocycles. The molecule has 1 rings (SSSR count). The maximum Gasteiger partial charge on any atom is 0.241 e. The molecule has 0 aliphatic carbocycles. The van der Waals surface area contributed by atoms with Crippen molar-refractivity contribution < 1.29 is 8.42 Å². The number of benzene rings is 1. The Kier molecular flexibility index (Phi) is 5.73. The van der Waals surface area contributed by atoms with Gasteiger partial charge in [0.25, 0.3) is 0 Å². The molecule has 20 heavy (non-hydrogen) atoms. The lowest BCUT2D eigenvalue weighted by Gasteiger charge is -2.25. The van der Waals surface area contributed by atoms with E-state index in [1.54, 1.807) is 12.1 Å². The fourth-order valence-electron chi connectivity index (χ4n) is 2.32. The third kappa shape index (κ3) is 4.06. The van der Waals surface area contributed by atoms with Crippen molar-refractivity contribution in [2.75, 3.05) is 6.54 Å². The molecule has 1 N–H and O–H groups in total. The number of hydrogen-bond acceptors (Lipinski definition) is 3. The first-order valence-electron chi connectivity index (χ1n) is 6.78. The van der Waals surface area contributed by atoms with E-state index in [1.807, 2.05) is 6.07 Å². The fraction of sp³-hybridized carbons (Fsp3) is 0.533. The van der Waals surface area contributed by atoms with Crippen molar-refractivity contribution in [2.24, 2.45) is 17.8 Å². The highest BCUT2D eigenvalue weighted by molar-refractivity contribution is 7.89. The maximum absolute atomic E-state index is 12.3. The molecule has 5 heteroatoms. The van der Waals surface area contributed by atoms with E-state index in [-0.39, 0.29) is 16.4 Å². The first kappa shape index (κ1) is 16.7. The molecule has 0 saturated heterocycles. The molecule has 0 saturated carbocycles. The molecule has 0 spiro atoms. The van der Waals surface area contributed by atoms with Gasteiger partial charge in [-0.05, 0) is 29.9 Å². The van der Waals surface area contributed by atoms with E-state index in [2.05, 4.69) is 32.4 Å². The molecule has 0 fully saturated rings. The lowest BCUT2D eigenvalue weighted by molar-refractivity contribution is 0.289. The number of nitrogens with one attached hydrogen (secondary N) is 1. The van der Waals surface area contributed by atoms with Crippen LogP contribution in [0.1, 0.15) is 33.3 Å². The van der Waals surface area contributed by atoms with Crippen LogP contribution in [0.15, 0.2) is 29.2 Å². The third-order valence-electron chi connectivity index (χ3n) is 3.52. The van der Waals surface area contributed by atoms with Gasteiger partial charge in [-0.25, -0.2) is 13.1 Å². The molecule has 110 valence electrons. The summed E-state index contributed by atoms with van der Waals surface area (Å²) >= 11 is 0. The summed E-state index contributed by atoms with van der Waals surface area (Å²) in [4.78, 5) is 0.0498. The summed E-state index contributed by atoms with van der Waals surface area (Å²) in [5.74, 6) is 1.05. The van der Waals surface area contributed by atoms with Crippen molar-refractivity contribution >= 4 is 10.0 Å². The van der Waals surface area contributed by atoms with Crippen molar-refractivity contribution in [2.45, 2.75) is 32.6 Å². The van der Waals surface area contributed by atoms with Crippen LogP contribution in [0.3, 0.4) is 0 Å². The smallest absolute Gasteiger partial charge is 0.211 e. The third-order valence-corrected chi connectivity index (χ3v) is 5.00. The number of sulfonamides is 1. The van der Waals surface area contributed by atoms with E-state index < -0.39 is 10.0 Å². The largest absolute Gasteiger partial charge is 0.241 e. The number of hydrogen-bond donors (Lipinski definition) is 1. The second-order valence-corrected chi connectivity index (χ2v) is 7.35. The Morgan fingerprint density at radius 1 is 1.15 bits per heavy atom. The predicted molar refractivity (Wildman–Crippen MR) is 79.5 cm³/mol. The van der Waals surface area contributed by atoms with Crippen LogP contribution in [0.4, 0.5) is 0 Å². The summed E-state index contributed by atoms with van der Waals surface area (Å²) in [6, 6.07) is 8.16. The van der Waals surface area contributed by atoms with E-state index in [1.165, 1.54) is 12.1 Å². The lowest BCUT2D eigenvalue weighted by atomic mass is 9.86. The summed E-state index contributed by atoms with van der Waals surface area (Å²) in [5.41, 5.74) is 0.172. The van der Waals surface area contributed by atoms with Crippen molar-refractivity contribution in [3.63, 3.8) is 0 Å². The van der Waals surface area contributed by atoms with Crippen LogP contribution in [0.25, 0.3) is 0 Å². The summed E-state index contributed by atoms with van der Waals surface area (Å²) in [7, 11) is -3.64. The van der Waals surface area contributed by atoms with Crippen LogP contribution in [0.5, 0.6) is 0 Å². The van der Waals surface area contributed by atoms with E-state index in [0.29, 0.717) is 18.4 Å². The van der Waals surface area contributed by atoms with Gasteiger partial charge in [0.05, 0.1) is 10.5 Å². The van der Waals surface area contributed by atoms with Crippen molar-refractivity contribution in [1.82, 2.24) is 4.72 Å². The highest BCUT2D eigenvalue weighted by Gasteiger charge is 2.23. The van der Waals surface area contributed by atoms with Gasteiger partial charge < -0.3 is 0 Å². The van der Waals surface area contributed by atoms with Crippen molar-refractivity contribution in [3.05, 3.63) is 29.8 Å². The van der Waals surface area contributed by atoms with Crippen LogP contribution in [0.2, 0.25) is 0 Å². The minimum atomic E-state index is -3.64. The molecule has 0 amide bonds. The lowest BCUT2D eigenvalue weighted by Crippen LogP contribution is -2.34. The van der Waals surface area contributed by atoms with Crippen molar-refractivity contribution in [1.29, 1.82) is 5.26 Å². The molecular weight excluding hydrogens is 272 g/mol. The summed E-state index contributed by atoms with van der Waals surface area (Å²) in [6.45, 7) is 8.73. The quantitative estimate of drug-likeness (QED) is 0.877. The van der Waals surface area contributed by atoms with E-state index in [0.717, 1.165) is 0 Å². The van der Waals surface area contributed by atoms with Gasteiger partial charge in [0.15, 0.2) is 0 Å². The van der Waals surface area contributed by atoms with Gasteiger partial charge in [0.1, 0.15) is 6.07 Å². The van der Waals surface area contributed by atoms with Crippen LogP contribution in [-0.2, 0) is 10.0 Å². The Labute approximate surface area is 121 Å². The summed E-state index contributed by atoms with van der Waals surface area (Å²) in [6.07, 6.45) is 0. The van der Waals surface area contributed by atoms with Crippen LogP contribution >= 0.6 is 0 Å². The minimum Gasteiger partial charge on any atom is -0.211 e. The zero-order chi connectivity index (χ0) is 15.3. The van der Waals surface area contributed by atoms with Crippen LogP contribution in [0, 0.1) is 29.1 Å². The van der Waals surface area contributed by atoms with Crippen LogP contribution in [-0.4, -0.2) is 15.0 Å². The van der Waals surface area contributed by atoms with E-state index in [4.69, 9.17) is 5.26 Å². The highest BCUT2D eigenvalue weighted by atomic mass is 32.2. The van der Waals surface area contributed by atoms with Gasteiger partial charge in [-0.2, -0.15) is 5.26 Å². The Bertz CT molecular complexity index is 578. The zero-order valence-electron chi connectivity index (χ0n) is 12.4.